The van der Waals surface area contributed by atoms with Crippen molar-refractivity contribution in [2.75, 3.05) is 32.6 Å². The van der Waals surface area contributed by atoms with Gasteiger partial charge in [0.2, 0.25) is 5.91 Å². The lowest BCUT2D eigenvalue weighted by Gasteiger charge is -2.28. The fourth-order valence-electron chi connectivity index (χ4n) is 3.48. The third-order valence-corrected chi connectivity index (χ3v) is 6.07. The smallest absolute Gasteiger partial charge is 0.311 e. The highest BCUT2D eigenvalue weighted by molar-refractivity contribution is 7.99. The Hall–Kier alpha value is -2.58. The summed E-state index contributed by atoms with van der Waals surface area (Å²) in [5, 5.41) is 11.2. The van der Waals surface area contributed by atoms with Crippen molar-refractivity contribution in [2.45, 2.75) is 24.6 Å². The number of thioether (sulfide) groups is 1. The molecular weight excluding hydrogens is 404 g/mol. The highest BCUT2D eigenvalue weighted by Gasteiger charge is 2.27. The molecule has 1 heterocycles. The van der Waals surface area contributed by atoms with E-state index in [9.17, 15) is 14.9 Å². The number of hydrogen-bond donors (Lipinski definition) is 0. The van der Waals surface area contributed by atoms with Crippen LogP contribution in [0.4, 0.5) is 5.69 Å². The Morgan fingerprint density at radius 1 is 1.27 bits per heavy atom. The van der Waals surface area contributed by atoms with E-state index in [-0.39, 0.29) is 23.4 Å². The van der Waals surface area contributed by atoms with Crippen LogP contribution in [0.25, 0.3) is 0 Å². The highest BCUT2D eigenvalue weighted by Crippen LogP contribution is 2.29. The number of ether oxygens (including phenoxy) is 2. The first-order valence-corrected chi connectivity index (χ1v) is 11.0. The fraction of sp³-hybridized carbons (Fsp3) is 0.409. The molecule has 3 rings (SSSR count). The minimum atomic E-state index is -0.455. The summed E-state index contributed by atoms with van der Waals surface area (Å²) in [6, 6.07) is 15.1. The molecule has 8 heteroatoms. The van der Waals surface area contributed by atoms with Gasteiger partial charge in [-0.15, -0.1) is 11.8 Å². The maximum Gasteiger partial charge on any atom is 0.311 e. The van der Waals surface area contributed by atoms with Crippen LogP contribution in [0.2, 0.25) is 0 Å². The van der Waals surface area contributed by atoms with Crippen LogP contribution in [-0.4, -0.2) is 54.4 Å². The Balaban J connectivity index is 1.57. The van der Waals surface area contributed by atoms with Crippen molar-refractivity contribution < 1.29 is 19.2 Å². The zero-order valence-corrected chi connectivity index (χ0v) is 17.8. The second-order valence-corrected chi connectivity index (χ2v) is 8.08. The number of rotatable bonds is 10. The van der Waals surface area contributed by atoms with Gasteiger partial charge in [-0.3, -0.25) is 14.9 Å². The molecule has 0 bridgehead atoms. The van der Waals surface area contributed by atoms with Gasteiger partial charge in [-0.1, -0.05) is 36.4 Å². The molecule has 7 nitrogen and oxygen atoms in total. The average Bonchev–Trinajstić information content (AvgIpc) is 3.29. The summed E-state index contributed by atoms with van der Waals surface area (Å²) in [7, 11) is 1.41. The van der Waals surface area contributed by atoms with Crippen LogP contribution in [0.1, 0.15) is 17.5 Å². The number of hydrogen-bond acceptors (Lipinski definition) is 6. The van der Waals surface area contributed by atoms with Gasteiger partial charge in [0.1, 0.15) is 0 Å². The molecule has 2 aromatic carbocycles. The average molecular weight is 431 g/mol. The molecule has 1 unspecified atom stereocenters. The zero-order chi connectivity index (χ0) is 21.3. The third kappa shape index (κ3) is 5.96. The first-order valence-electron chi connectivity index (χ1n) is 9.88. The van der Waals surface area contributed by atoms with E-state index < -0.39 is 4.92 Å². The molecule has 30 heavy (non-hydrogen) atoms. The summed E-state index contributed by atoms with van der Waals surface area (Å²) in [6.45, 7) is 1.92. The largest absolute Gasteiger partial charge is 0.490 e. The molecule has 1 aliphatic heterocycles. The molecule has 0 radical (unpaired) electrons. The first kappa shape index (κ1) is 22.1. The molecule has 2 aromatic rings. The molecule has 1 atom stereocenters. The van der Waals surface area contributed by atoms with E-state index in [4.69, 9.17) is 9.47 Å². The van der Waals surface area contributed by atoms with E-state index in [1.807, 2.05) is 23.1 Å². The number of nitro groups is 1. The second kappa shape index (κ2) is 11.0. The van der Waals surface area contributed by atoms with Crippen molar-refractivity contribution in [1.29, 1.82) is 0 Å². The second-order valence-electron chi connectivity index (χ2n) is 7.10. The maximum absolute atomic E-state index is 12.9. The summed E-state index contributed by atoms with van der Waals surface area (Å²) in [6.07, 6.45) is 1.66. The number of methoxy groups -OCH3 is 1. The number of carbonyl (C=O) groups is 1. The quantitative estimate of drug-likeness (QED) is 0.422. The van der Waals surface area contributed by atoms with Crippen molar-refractivity contribution in [2.24, 2.45) is 0 Å². The lowest BCUT2D eigenvalue weighted by molar-refractivity contribution is -0.385. The molecule has 160 valence electrons. The predicted molar refractivity (Wildman–Crippen MR) is 117 cm³/mol. The van der Waals surface area contributed by atoms with E-state index in [1.54, 1.807) is 12.1 Å². The van der Waals surface area contributed by atoms with E-state index in [2.05, 4.69) is 12.1 Å². The molecule has 1 amide bonds. The lowest BCUT2D eigenvalue weighted by atomic mass is 10.1. The Bertz CT molecular complexity index is 856. The van der Waals surface area contributed by atoms with E-state index in [0.29, 0.717) is 31.3 Å². The van der Waals surface area contributed by atoms with Crippen LogP contribution in [0.3, 0.4) is 0 Å². The number of amides is 1. The molecule has 0 saturated carbocycles. The van der Waals surface area contributed by atoms with Crippen LogP contribution in [0.15, 0.2) is 48.5 Å². The summed E-state index contributed by atoms with van der Waals surface area (Å²) >= 11 is 1.46. The van der Waals surface area contributed by atoms with Gasteiger partial charge in [0.25, 0.3) is 0 Å². The van der Waals surface area contributed by atoms with Crippen molar-refractivity contribution in [3.63, 3.8) is 0 Å². The van der Waals surface area contributed by atoms with Crippen molar-refractivity contribution in [3.8, 4) is 5.75 Å². The molecule has 0 N–H and O–H groups in total. The molecular formula is C22H26N2O5S. The van der Waals surface area contributed by atoms with Crippen molar-refractivity contribution >= 4 is 23.4 Å². The number of nitro benzene ring substituents is 1. The normalized spacial score (nSPS) is 15.7. The van der Waals surface area contributed by atoms with Gasteiger partial charge in [0.05, 0.1) is 30.4 Å². The van der Waals surface area contributed by atoms with Crippen molar-refractivity contribution in [1.82, 2.24) is 4.90 Å². The Kier molecular flexibility index (Phi) is 8.10. The van der Waals surface area contributed by atoms with E-state index in [0.717, 1.165) is 18.4 Å². The maximum atomic E-state index is 12.9. The van der Waals surface area contributed by atoms with Gasteiger partial charge < -0.3 is 14.4 Å². The third-order valence-electron chi connectivity index (χ3n) is 5.09. The Morgan fingerprint density at radius 3 is 2.73 bits per heavy atom. The van der Waals surface area contributed by atoms with Crippen LogP contribution >= 0.6 is 11.8 Å². The molecule has 0 spiro atoms. The van der Waals surface area contributed by atoms with Gasteiger partial charge in [-0.05, 0) is 30.0 Å². The predicted octanol–water partition coefficient (Wildman–Crippen LogP) is 3.70. The summed E-state index contributed by atoms with van der Waals surface area (Å²) < 4.78 is 10.5. The number of carbonyl (C=O) groups excluding carboxylic acids is 1. The highest BCUT2D eigenvalue weighted by atomic mass is 32.2. The molecule has 1 saturated heterocycles. The number of nitrogens with zero attached hydrogens (tertiary/aromatic N) is 2. The molecule has 1 aliphatic rings. The Morgan fingerprint density at radius 2 is 2.07 bits per heavy atom. The minimum Gasteiger partial charge on any atom is -0.490 e. The lowest BCUT2D eigenvalue weighted by Crippen LogP contribution is -2.43. The molecule has 0 aromatic heterocycles. The van der Waals surface area contributed by atoms with E-state index in [1.165, 1.54) is 30.5 Å². The van der Waals surface area contributed by atoms with Gasteiger partial charge in [-0.25, -0.2) is 0 Å². The standard InChI is InChI=1S/C22H26N2O5S/c1-28-21-8-7-18(13-20(21)24(26)27)15-30-16-22(25)23(19-10-12-29-14-19)11-9-17-5-3-2-4-6-17/h2-8,13,19H,9-12,14-16H2,1H3. The summed E-state index contributed by atoms with van der Waals surface area (Å²) in [4.78, 5) is 25.6. The topological polar surface area (TPSA) is 81.9 Å². The van der Waals surface area contributed by atoms with Crippen LogP contribution in [0.5, 0.6) is 5.75 Å². The zero-order valence-electron chi connectivity index (χ0n) is 17.0. The first-order chi connectivity index (χ1) is 14.6. The van der Waals surface area contributed by atoms with Gasteiger partial charge in [-0.2, -0.15) is 0 Å². The number of benzene rings is 2. The summed E-state index contributed by atoms with van der Waals surface area (Å²) in [5.41, 5.74) is 1.93. The summed E-state index contributed by atoms with van der Waals surface area (Å²) in [5.74, 6) is 1.16. The minimum absolute atomic E-state index is 0.0606. The van der Waals surface area contributed by atoms with Gasteiger partial charge in [0.15, 0.2) is 5.75 Å². The fourth-order valence-corrected chi connectivity index (χ4v) is 4.34. The van der Waals surface area contributed by atoms with Crippen LogP contribution in [0, 0.1) is 10.1 Å². The van der Waals surface area contributed by atoms with Gasteiger partial charge in [0, 0.05) is 25.0 Å². The van der Waals surface area contributed by atoms with Crippen LogP contribution < -0.4 is 4.74 Å². The molecule has 1 fully saturated rings. The van der Waals surface area contributed by atoms with Crippen molar-refractivity contribution in [3.05, 3.63) is 69.8 Å². The molecule has 0 aliphatic carbocycles. The van der Waals surface area contributed by atoms with E-state index >= 15 is 0 Å². The monoisotopic (exact) mass is 430 g/mol. The Labute approximate surface area is 180 Å². The van der Waals surface area contributed by atoms with Gasteiger partial charge >= 0.3 is 5.69 Å². The van der Waals surface area contributed by atoms with Crippen LogP contribution in [-0.2, 0) is 21.7 Å². The SMILES string of the molecule is COc1ccc(CSCC(=O)N(CCc2ccccc2)C2CCOC2)cc1[N+](=O)[O-].